The molecule has 4 aromatic rings. The van der Waals surface area contributed by atoms with Gasteiger partial charge in [0.1, 0.15) is 0 Å². The molecule has 1 saturated heterocycles. The van der Waals surface area contributed by atoms with Crippen LogP contribution in [-0.4, -0.2) is 52.0 Å². The molecule has 0 spiro atoms. The van der Waals surface area contributed by atoms with Crippen LogP contribution in [0.25, 0.3) is 21.3 Å². The number of hydrogen-bond acceptors (Lipinski definition) is 7. The Balaban J connectivity index is 1.32. The zero-order valence-corrected chi connectivity index (χ0v) is 18.9. The minimum Gasteiger partial charge on any atom is -0.378 e. The molecule has 2 aliphatic rings. The third-order valence-corrected chi connectivity index (χ3v) is 7.22. The minimum atomic E-state index is -0.132. The lowest BCUT2D eigenvalue weighted by atomic mass is 10.1. The molecule has 0 atom stereocenters. The summed E-state index contributed by atoms with van der Waals surface area (Å²) in [5.74, 6) is 0.320. The summed E-state index contributed by atoms with van der Waals surface area (Å²) in [4.78, 5) is 25.2. The van der Waals surface area contributed by atoms with E-state index in [9.17, 15) is 4.79 Å². The van der Waals surface area contributed by atoms with Gasteiger partial charge < -0.3 is 15.0 Å². The molecule has 0 radical (unpaired) electrons. The Kier molecular flexibility index (Phi) is 4.62. The molecule has 0 unspecified atom stereocenters. The summed E-state index contributed by atoms with van der Waals surface area (Å²) < 4.78 is 8.27. The summed E-state index contributed by atoms with van der Waals surface area (Å²) in [7, 11) is 1.88. The lowest BCUT2D eigenvalue weighted by Crippen LogP contribution is -2.36. The van der Waals surface area contributed by atoms with Crippen molar-refractivity contribution < 1.29 is 9.53 Å². The number of morpholine rings is 1. The van der Waals surface area contributed by atoms with Crippen LogP contribution < -0.4 is 10.2 Å². The molecule has 1 aromatic carbocycles. The second-order valence-corrected chi connectivity index (χ2v) is 9.52. The van der Waals surface area contributed by atoms with Gasteiger partial charge in [0.2, 0.25) is 0 Å². The van der Waals surface area contributed by atoms with Crippen molar-refractivity contribution in [2.45, 2.75) is 25.7 Å². The summed E-state index contributed by atoms with van der Waals surface area (Å²) in [5, 5.41) is 9.42. The highest BCUT2D eigenvalue weighted by Gasteiger charge is 2.28. The van der Waals surface area contributed by atoms with Crippen LogP contribution in [0.1, 0.15) is 40.5 Å². The van der Waals surface area contributed by atoms with Gasteiger partial charge >= 0.3 is 0 Å². The van der Waals surface area contributed by atoms with E-state index in [1.807, 2.05) is 38.2 Å². The van der Waals surface area contributed by atoms with Crippen molar-refractivity contribution in [1.82, 2.24) is 19.7 Å². The third kappa shape index (κ3) is 3.41. The fraction of sp³-hybridized carbons (Fsp3) is 0.391. The molecular formula is C23H24N6O2S. The van der Waals surface area contributed by atoms with Gasteiger partial charge in [0.15, 0.2) is 10.8 Å². The van der Waals surface area contributed by atoms with Gasteiger partial charge in [-0.05, 0) is 44.0 Å². The number of anilines is 2. The highest BCUT2D eigenvalue weighted by atomic mass is 32.1. The van der Waals surface area contributed by atoms with Gasteiger partial charge in [-0.3, -0.25) is 9.48 Å². The van der Waals surface area contributed by atoms with E-state index in [4.69, 9.17) is 14.7 Å². The van der Waals surface area contributed by atoms with Crippen molar-refractivity contribution in [1.29, 1.82) is 0 Å². The van der Waals surface area contributed by atoms with Crippen molar-refractivity contribution in [3.63, 3.8) is 0 Å². The molecule has 1 amide bonds. The molecule has 2 fully saturated rings. The maximum absolute atomic E-state index is 13.4. The predicted octanol–water partition coefficient (Wildman–Crippen LogP) is 3.85. The Hall–Kier alpha value is -3.04. The number of carbonyl (C=O) groups excluding carboxylic acids is 1. The maximum atomic E-state index is 13.4. The summed E-state index contributed by atoms with van der Waals surface area (Å²) in [6.07, 6.45) is 2.26. The minimum absolute atomic E-state index is 0.132. The first-order valence-corrected chi connectivity index (χ1v) is 11.8. The van der Waals surface area contributed by atoms with Crippen LogP contribution in [0.15, 0.2) is 24.3 Å². The lowest BCUT2D eigenvalue weighted by molar-refractivity contribution is 0.102. The predicted molar refractivity (Wildman–Crippen MR) is 126 cm³/mol. The largest absolute Gasteiger partial charge is 0.378 e. The van der Waals surface area contributed by atoms with Gasteiger partial charge in [0.05, 0.1) is 40.1 Å². The normalized spacial score (nSPS) is 16.8. The average Bonchev–Trinajstić information content (AvgIpc) is 3.50. The number of fused-ring (bicyclic) bond motifs is 2. The Labute approximate surface area is 189 Å². The number of thiazole rings is 1. The first-order valence-electron chi connectivity index (χ1n) is 11.0. The number of nitrogens with zero attached hydrogens (tertiary/aromatic N) is 5. The Morgan fingerprint density at radius 3 is 2.78 bits per heavy atom. The smallest absolute Gasteiger partial charge is 0.256 e. The Morgan fingerprint density at radius 1 is 1.19 bits per heavy atom. The van der Waals surface area contributed by atoms with Gasteiger partial charge in [-0.15, -0.1) is 0 Å². The average molecular weight is 449 g/mol. The van der Waals surface area contributed by atoms with E-state index in [1.165, 1.54) is 0 Å². The molecular weight excluding hydrogens is 424 g/mol. The second-order valence-electron chi connectivity index (χ2n) is 8.51. The molecule has 8 nitrogen and oxygen atoms in total. The van der Waals surface area contributed by atoms with Gasteiger partial charge in [-0.1, -0.05) is 11.3 Å². The molecule has 4 heterocycles. The quantitative estimate of drug-likeness (QED) is 0.510. The van der Waals surface area contributed by atoms with Crippen molar-refractivity contribution in [2.24, 2.45) is 7.05 Å². The highest BCUT2D eigenvalue weighted by Crippen LogP contribution is 2.40. The molecule has 9 heteroatoms. The van der Waals surface area contributed by atoms with Crippen LogP contribution in [0.2, 0.25) is 0 Å². The number of amides is 1. The molecule has 6 rings (SSSR count). The van der Waals surface area contributed by atoms with E-state index in [0.717, 1.165) is 82.6 Å². The number of carbonyl (C=O) groups is 1. The van der Waals surface area contributed by atoms with Crippen molar-refractivity contribution in [3.05, 3.63) is 41.2 Å². The summed E-state index contributed by atoms with van der Waals surface area (Å²) in [5.41, 5.74) is 4.92. The van der Waals surface area contributed by atoms with E-state index in [-0.39, 0.29) is 5.91 Å². The Bertz CT molecular complexity index is 1350. The number of rotatable bonds is 4. The molecule has 1 aliphatic carbocycles. The van der Waals surface area contributed by atoms with Crippen LogP contribution in [-0.2, 0) is 11.8 Å². The first-order chi connectivity index (χ1) is 15.6. The summed E-state index contributed by atoms with van der Waals surface area (Å²) >= 11 is 1.65. The van der Waals surface area contributed by atoms with E-state index < -0.39 is 0 Å². The van der Waals surface area contributed by atoms with Crippen LogP contribution in [0, 0.1) is 6.92 Å². The summed E-state index contributed by atoms with van der Waals surface area (Å²) in [6, 6.07) is 7.84. The van der Waals surface area contributed by atoms with Crippen LogP contribution >= 0.6 is 11.3 Å². The van der Waals surface area contributed by atoms with Crippen LogP contribution in [0.3, 0.4) is 0 Å². The lowest BCUT2D eigenvalue weighted by Gasteiger charge is -2.25. The zero-order valence-electron chi connectivity index (χ0n) is 18.1. The van der Waals surface area contributed by atoms with Gasteiger partial charge in [0.25, 0.3) is 5.91 Å². The third-order valence-electron chi connectivity index (χ3n) is 6.15. The number of nitrogens with one attached hydrogen (secondary N) is 1. The molecule has 1 saturated carbocycles. The molecule has 32 heavy (non-hydrogen) atoms. The van der Waals surface area contributed by atoms with Gasteiger partial charge in [-0.25, -0.2) is 9.97 Å². The van der Waals surface area contributed by atoms with Gasteiger partial charge in [-0.2, -0.15) is 5.10 Å². The van der Waals surface area contributed by atoms with Crippen LogP contribution in [0.5, 0.6) is 0 Å². The monoisotopic (exact) mass is 448 g/mol. The number of aryl methyl sites for hydroxylation is 2. The standard InChI is InChI=1S/C23H24N6O2S/c1-13-20-16(12-18(14-3-4-14)25-21(20)28(2)27-13)22(30)24-15-5-6-17-19(11-15)32-23(26-17)29-7-9-31-10-8-29/h5-6,11-12,14H,3-4,7-10H2,1-2H3,(H,24,30). The van der Waals surface area contributed by atoms with Crippen molar-refractivity contribution in [2.75, 3.05) is 36.5 Å². The SMILES string of the molecule is Cc1nn(C)c2nc(C3CC3)cc(C(=O)Nc3ccc4nc(N5CCOCC5)sc4c3)c12. The van der Waals surface area contributed by atoms with Crippen molar-refractivity contribution in [3.8, 4) is 0 Å². The molecule has 1 N–H and O–H groups in total. The molecule has 1 aliphatic heterocycles. The molecule has 0 bridgehead atoms. The number of hydrogen-bond donors (Lipinski definition) is 1. The van der Waals surface area contributed by atoms with E-state index in [0.29, 0.717) is 11.5 Å². The van der Waals surface area contributed by atoms with E-state index >= 15 is 0 Å². The first kappa shape index (κ1) is 19.6. The number of aromatic nitrogens is 4. The summed E-state index contributed by atoms with van der Waals surface area (Å²) in [6.45, 7) is 5.10. The molecule has 164 valence electrons. The topological polar surface area (TPSA) is 85.2 Å². The fourth-order valence-electron chi connectivity index (χ4n) is 4.31. The maximum Gasteiger partial charge on any atom is 0.256 e. The zero-order chi connectivity index (χ0) is 21.8. The second kappa shape index (κ2) is 7.53. The van der Waals surface area contributed by atoms with Gasteiger partial charge in [0, 0.05) is 37.4 Å². The molecule has 3 aromatic heterocycles. The Morgan fingerprint density at radius 2 is 2.00 bits per heavy atom. The highest BCUT2D eigenvalue weighted by molar-refractivity contribution is 7.22. The van der Waals surface area contributed by atoms with Crippen LogP contribution in [0.4, 0.5) is 10.8 Å². The number of ether oxygens (including phenoxy) is 1. The van der Waals surface area contributed by atoms with E-state index in [2.05, 4.69) is 15.3 Å². The fourth-order valence-corrected chi connectivity index (χ4v) is 5.37. The number of pyridine rings is 1. The number of benzene rings is 1. The van der Waals surface area contributed by atoms with E-state index in [1.54, 1.807) is 16.0 Å². The van der Waals surface area contributed by atoms with Crippen molar-refractivity contribution >= 4 is 49.3 Å².